The molecular weight excluding hydrogens is 556 g/mol. The van der Waals surface area contributed by atoms with Crippen LogP contribution in [0.15, 0.2) is 83.8 Å². The summed E-state index contributed by atoms with van der Waals surface area (Å²) in [5.74, 6) is -0.928. The summed E-state index contributed by atoms with van der Waals surface area (Å²) in [5.41, 5.74) is 1.46. The maximum absolute atomic E-state index is 14.0. The number of carbonyl (C=O) groups excluding carboxylic acids is 2. The number of sulfonamides is 1. The number of hydrogen-bond acceptors (Lipinski definition) is 6. The second-order valence-electron chi connectivity index (χ2n) is 10.6. The highest BCUT2D eigenvalue weighted by Gasteiger charge is 2.33. The van der Waals surface area contributed by atoms with Crippen molar-refractivity contribution in [2.75, 3.05) is 10.8 Å². The fraction of sp³-hybridized carbons (Fsp3) is 0.355. The molecule has 1 N–H and O–H groups in total. The third kappa shape index (κ3) is 7.52. The van der Waals surface area contributed by atoms with Gasteiger partial charge in [-0.1, -0.05) is 73.4 Å². The molecule has 3 aromatic carbocycles. The van der Waals surface area contributed by atoms with Crippen LogP contribution in [0.5, 0.6) is 0 Å². The SMILES string of the molecule is Cc1ccc(CN(C(=O)CN(c2cccc([N+](=O)[O-])c2)S(=O)(=O)c2ccccc2)[C@@H](C)C(=O)NC2CCCCC2)cc1. The van der Waals surface area contributed by atoms with E-state index in [0.29, 0.717) is 0 Å². The average molecular weight is 593 g/mol. The molecule has 0 aliphatic heterocycles. The Kier molecular flexibility index (Phi) is 9.95. The zero-order valence-corrected chi connectivity index (χ0v) is 24.6. The number of nitrogens with zero attached hydrogens (tertiary/aromatic N) is 3. The molecule has 0 radical (unpaired) electrons. The molecular formula is C31H36N4O6S. The number of hydrogen-bond donors (Lipinski definition) is 1. The molecule has 42 heavy (non-hydrogen) atoms. The number of nitro groups is 1. The molecule has 222 valence electrons. The Morgan fingerprint density at radius 2 is 1.64 bits per heavy atom. The summed E-state index contributed by atoms with van der Waals surface area (Å²) < 4.78 is 28.5. The molecule has 2 amide bonds. The molecule has 1 saturated carbocycles. The highest BCUT2D eigenvalue weighted by atomic mass is 32.2. The fourth-order valence-electron chi connectivity index (χ4n) is 5.05. The van der Waals surface area contributed by atoms with Gasteiger partial charge in [-0.15, -0.1) is 0 Å². The maximum atomic E-state index is 14.0. The van der Waals surface area contributed by atoms with Crippen LogP contribution in [0, 0.1) is 17.0 Å². The average Bonchev–Trinajstić information content (AvgIpc) is 3.00. The minimum atomic E-state index is -4.31. The zero-order chi connectivity index (χ0) is 30.3. The van der Waals surface area contributed by atoms with E-state index in [-0.39, 0.29) is 34.8 Å². The molecule has 0 spiro atoms. The number of carbonyl (C=O) groups is 2. The van der Waals surface area contributed by atoms with Crippen molar-refractivity contribution in [3.05, 3.63) is 100 Å². The first-order chi connectivity index (χ1) is 20.1. The van der Waals surface area contributed by atoms with E-state index in [2.05, 4.69) is 5.32 Å². The summed E-state index contributed by atoms with van der Waals surface area (Å²) in [4.78, 5) is 39.6. The third-order valence-corrected chi connectivity index (χ3v) is 9.32. The second-order valence-corrected chi connectivity index (χ2v) is 12.5. The van der Waals surface area contributed by atoms with Crippen molar-refractivity contribution < 1.29 is 22.9 Å². The van der Waals surface area contributed by atoms with Crippen LogP contribution in [0.3, 0.4) is 0 Å². The standard InChI is InChI=1S/C31H36N4O6S/c1-23-16-18-25(19-17-23)21-33(24(2)31(37)32-26-10-5-3-6-11-26)30(36)22-34(27-12-9-13-28(20-27)35(38)39)42(40,41)29-14-7-4-8-15-29/h4,7-9,12-20,24,26H,3,5-6,10-11,21-22H2,1-2H3,(H,32,37)/t24-/m0/s1. The highest BCUT2D eigenvalue weighted by Crippen LogP contribution is 2.28. The Bertz CT molecular complexity index is 1510. The minimum Gasteiger partial charge on any atom is -0.352 e. The van der Waals surface area contributed by atoms with E-state index >= 15 is 0 Å². The quantitative estimate of drug-likeness (QED) is 0.247. The molecule has 1 atom stereocenters. The van der Waals surface area contributed by atoms with Gasteiger partial charge in [-0.25, -0.2) is 8.42 Å². The van der Waals surface area contributed by atoms with Crippen molar-refractivity contribution in [1.82, 2.24) is 10.2 Å². The first-order valence-electron chi connectivity index (χ1n) is 14.0. The van der Waals surface area contributed by atoms with E-state index in [9.17, 15) is 28.1 Å². The largest absolute Gasteiger partial charge is 0.352 e. The fourth-order valence-corrected chi connectivity index (χ4v) is 6.48. The first-order valence-corrected chi connectivity index (χ1v) is 15.5. The molecule has 4 rings (SSSR count). The Morgan fingerprint density at radius 1 is 0.976 bits per heavy atom. The van der Waals surface area contributed by atoms with Crippen LogP contribution in [0.1, 0.15) is 50.2 Å². The van der Waals surface area contributed by atoms with Crippen molar-refractivity contribution in [3.8, 4) is 0 Å². The van der Waals surface area contributed by atoms with Gasteiger partial charge in [0.2, 0.25) is 11.8 Å². The summed E-state index contributed by atoms with van der Waals surface area (Å²) in [7, 11) is -4.31. The lowest BCUT2D eigenvalue weighted by molar-refractivity contribution is -0.384. The van der Waals surface area contributed by atoms with E-state index in [4.69, 9.17) is 0 Å². The molecule has 1 aliphatic carbocycles. The molecule has 1 aliphatic rings. The van der Waals surface area contributed by atoms with E-state index in [1.54, 1.807) is 25.1 Å². The van der Waals surface area contributed by atoms with Gasteiger partial charge in [0.1, 0.15) is 12.6 Å². The summed E-state index contributed by atoms with van der Waals surface area (Å²) in [6.07, 6.45) is 4.94. The van der Waals surface area contributed by atoms with Crippen molar-refractivity contribution >= 4 is 33.2 Å². The van der Waals surface area contributed by atoms with Crippen LogP contribution in [-0.4, -0.2) is 48.7 Å². The minimum absolute atomic E-state index is 0.0315. The van der Waals surface area contributed by atoms with Gasteiger partial charge >= 0.3 is 0 Å². The molecule has 1 fully saturated rings. The van der Waals surface area contributed by atoms with E-state index in [0.717, 1.165) is 53.6 Å². The molecule has 0 saturated heterocycles. The number of non-ortho nitro benzene ring substituents is 1. The van der Waals surface area contributed by atoms with E-state index in [1.807, 2.05) is 31.2 Å². The van der Waals surface area contributed by atoms with Crippen LogP contribution in [0.4, 0.5) is 11.4 Å². The first kappa shape index (κ1) is 30.7. The van der Waals surface area contributed by atoms with Crippen LogP contribution in [0.2, 0.25) is 0 Å². The molecule has 10 nitrogen and oxygen atoms in total. The Hall–Kier alpha value is -4.25. The monoisotopic (exact) mass is 592 g/mol. The third-order valence-electron chi connectivity index (χ3n) is 7.53. The number of amides is 2. The Labute approximate surface area is 246 Å². The molecule has 11 heteroatoms. The summed E-state index contributed by atoms with van der Waals surface area (Å²) in [5, 5.41) is 14.6. The number of nitro benzene ring substituents is 1. The van der Waals surface area contributed by atoms with Gasteiger partial charge in [-0.2, -0.15) is 0 Å². The molecule has 0 unspecified atom stereocenters. The Morgan fingerprint density at radius 3 is 2.29 bits per heavy atom. The van der Waals surface area contributed by atoms with Crippen molar-refractivity contribution in [2.45, 2.75) is 69.5 Å². The van der Waals surface area contributed by atoms with Gasteiger partial charge in [0, 0.05) is 24.7 Å². The molecule has 0 aromatic heterocycles. The Balaban J connectivity index is 1.69. The number of anilines is 1. The number of nitrogens with one attached hydrogen (secondary N) is 1. The van der Waals surface area contributed by atoms with E-state index < -0.39 is 33.4 Å². The normalized spacial score (nSPS) is 14.5. The van der Waals surface area contributed by atoms with Crippen LogP contribution in [-0.2, 0) is 26.2 Å². The predicted molar refractivity (Wildman–Crippen MR) is 160 cm³/mol. The highest BCUT2D eigenvalue weighted by molar-refractivity contribution is 7.92. The van der Waals surface area contributed by atoms with Gasteiger partial charge in [0.15, 0.2) is 0 Å². The van der Waals surface area contributed by atoms with Crippen molar-refractivity contribution in [3.63, 3.8) is 0 Å². The summed E-state index contributed by atoms with van der Waals surface area (Å²) >= 11 is 0. The second kappa shape index (κ2) is 13.6. The topological polar surface area (TPSA) is 130 Å². The molecule has 0 bridgehead atoms. The van der Waals surface area contributed by atoms with Crippen molar-refractivity contribution in [2.24, 2.45) is 0 Å². The summed E-state index contributed by atoms with van der Waals surface area (Å²) in [6.45, 7) is 2.99. The van der Waals surface area contributed by atoms with Gasteiger partial charge in [-0.05, 0) is 50.5 Å². The van der Waals surface area contributed by atoms with E-state index in [1.165, 1.54) is 35.2 Å². The number of rotatable bonds is 11. The van der Waals surface area contributed by atoms with Crippen LogP contribution in [0.25, 0.3) is 0 Å². The summed E-state index contributed by atoms with van der Waals surface area (Å²) in [6, 6.07) is 19.4. The van der Waals surface area contributed by atoms with Crippen LogP contribution >= 0.6 is 0 Å². The van der Waals surface area contributed by atoms with Crippen LogP contribution < -0.4 is 9.62 Å². The zero-order valence-electron chi connectivity index (χ0n) is 23.8. The molecule has 0 heterocycles. The van der Waals surface area contributed by atoms with Gasteiger partial charge in [-0.3, -0.25) is 24.0 Å². The maximum Gasteiger partial charge on any atom is 0.271 e. The number of benzene rings is 3. The lowest BCUT2D eigenvalue weighted by Gasteiger charge is -2.33. The smallest absolute Gasteiger partial charge is 0.271 e. The lowest BCUT2D eigenvalue weighted by Crippen LogP contribution is -2.53. The van der Waals surface area contributed by atoms with Gasteiger partial charge in [0.25, 0.3) is 15.7 Å². The lowest BCUT2D eigenvalue weighted by atomic mass is 9.95. The number of aryl methyl sites for hydroxylation is 1. The molecule has 3 aromatic rings. The van der Waals surface area contributed by atoms with Gasteiger partial charge in [0.05, 0.1) is 15.5 Å². The predicted octanol–water partition coefficient (Wildman–Crippen LogP) is 4.96. The van der Waals surface area contributed by atoms with Gasteiger partial charge < -0.3 is 10.2 Å². The van der Waals surface area contributed by atoms with Crippen molar-refractivity contribution in [1.29, 1.82) is 0 Å².